The van der Waals surface area contributed by atoms with Gasteiger partial charge in [0.15, 0.2) is 0 Å². The standard InChI is InChI=1S/C28H20F2IN3O5/c1-15-11-17(29)5-10-22(15)39-23-13-24(36)32(2)26-25(23)27(37)33(14-16-3-7-19(35)8-4-16)28(38)34(26)21-9-6-18(31)12-20(21)30/h3-13,35H,14H2,1-2H3. The summed E-state index contributed by atoms with van der Waals surface area (Å²) >= 11 is 1.93. The van der Waals surface area contributed by atoms with Gasteiger partial charge in [0, 0.05) is 16.7 Å². The lowest BCUT2D eigenvalue weighted by Gasteiger charge is -2.19. The lowest BCUT2D eigenvalue weighted by molar-refractivity contribution is 0.475. The first kappa shape index (κ1) is 26.4. The zero-order valence-electron chi connectivity index (χ0n) is 20.6. The maximum atomic E-state index is 15.3. The predicted molar refractivity (Wildman–Crippen MR) is 150 cm³/mol. The van der Waals surface area contributed by atoms with Crippen LogP contribution in [0.4, 0.5) is 8.78 Å². The van der Waals surface area contributed by atoms with Crippen molar-refractivity contribution in [2.75, 3.05) is 0 Å². The Balaban J connectivity index is 1.90. The van der Waals surface area contributed by atoms with Crippen LogP contribution < -0.4 is 21.5 Å². The van der Waals surface area contributed by atoms with Crippen LogP contribution in [0.25, 0.3) is 16.7 Å². The molecule has 11 heteroatoms. The van der Waals surface area contributed by atoms with Crippen molar-refractivity contribution < 1.29 is 18.6 Å². The smallest absolute Gasteiger partial charge is 0.337 e. The Labute approximate surface area is 233 Å². The van der Waals surface area contributed by atoms with E-state index in [2.05, 4.69) is 0 Å². The molecule has 0 atom stereocenters. The zero-order chi connectivity index (χ0) is 28.0. The molecule has 0 radical (unpaired) electrons. The largest absolute Gasteiger partial charge is 0.508 e. The third kappa shape index (κ3) is 4.85. The van der Waals surface area contributed by atoms with Crippen molar-refractivity contribution in [3.8, 4) is 22.9 Å². The van der Waals surface area contributed by atoms with E-state index < -0.39 is 28.4 Å². The fourth-order valence-corrected chi connectivity index (χ4v) is 4.74. The van der Waals surface area contributed by atoms with Crippen LogP contribution in [-0.2, 0) is 13.6 Å². The first-order valence-corrected chi connectivity index (χ1v) is 12.7. The topological polar surface area (TPSA) is 95.5 Å². The molecule has 2 heterocycles. The number of hydrogen-bond donors (Lipinski definition) is 1. The van der Waals surface area contributed by atoms with Gasteiger partial charge in [-0.2, -0.15) is 0 Å². The number of nitrogens with zero attached hydrogens (tertiary/aromatic N) is 3. The van der Waals surface area contributed by atoms with Gasteiger partial charge in [0.1, 0.15) is 39.9 Å². The molecule has 3 aromatic carbocycles. The molecule has 39 heavy (non-hydrogen) atoms. The van der Waals surface area contributed by atoms with Gasteiger partial charge in [-0.1, -0.05) is 12.1 Å². The highest BCUT2D eigenvalue weighted by atomic mass is 127. The van der Waals surface area contributed by atoms with Gasteiger partial charge in [0.05, 0.1) is 12.2 Å². The van der Waals surface area contributed by atoms with Gasteiger partial charge in [-0.25, -0.2) is 18.1 Å². The van der Waals surface area contributed by atoms with Crippen LogP contribution in [0, 0.1) is 22.1 Å². The van der Waals surface area contributed by atoms with E-state index in [1.165, 1.54) is 49.5 Å². The molecule has 0 aliphatic heterocycles. The number of aromatic nitrogens is 3. The number of aromatic hydroxyl groups is 1. The molecule has 0 saturated carbocycles. The Kier molecular flexibility index (Phi) is 6.85. The fraction of sp³-hybridized carbons (Fsp3) is 0.107. The van der Waals surface area contributed by atoms with Crippen LogP contribution in [-0.4, -0.2) is 18.8 Å². The average Bonchev–Trinajstić information content (AvgIpc) is 2.88. The molecule has 5 aromatic rings. The van der Waals surface area contributed by atoms with Crippen LogP contribution in [0.3, 0.4) is 0 Å². The number of phenols is 1. The Morgan fingerprint density at radius 3 is 2.31 bits per heavy atom. The molecule has 0 unspecified atom stereocenters. The minimum absolute atomic E-state index is 0.00309. The summed E-state index contributed by atoms with van der Waals surface area (Å²) in [4.78, 5) is 40.8. The number of phenolic OH excluding ortho intramolecular Hbond substituents is 1. The molecule has 2 aromatic heterocycles. The molecule has 198 valence electrons. The van der Waals surface area contributed by atoms with E-state index in [-0.39, 0.29) is 40.5 Å². The van der Waals surface area contributed by atoms with E-state index in [1.807, 2.05) is 22.6 Å². The van der Waals surface area contributed by atoms with Gasteiger partial charge in [0.25, 0.3) is 11.1 Å². The first-order valence-electron chi connectivity index (χ1n) is 11.6. The van der Waals surface area contributed by atoms with Crippen LogP contribution in [0.15, 0.2) is 81.1 Å². The van der Waals surface area contributed by atoms with Gasteiger partial charge < -0.3 is 9.84 Å². The first-order chi connectivity index (χ1) is 18.5. The minimum Gasteiger partial charge on any atom is -0.508 e. The number of halogens is 3. The molecule has 0 bridgehead atoms. The molecule has 1 N–H and O–H groups in total. The Morgan fingerprint density at radius 1 is 0.923 bits per heavy atom. The molecular weight excluding hydrogens is 623 g/mol. The van der Waals surface area contributed by atoms with E-state index in [0.717, 1.165) is 19.8 Å². The summed E-state index contributed by atoms with van der Waals surface area (Å²) in [6, 6.07) is 15.0. The molecule has 0 amide bonds. The molecule has 0 aliphatic rings. The van der Waals surface area contributed by atoms with Crippen molar-refractivity contribution in [1.29, 1.82) is 0 Å². The predicted octanol–water partition coefficient (Wildman–Crippen LogP) is 4.59. The summed E-state index contributed by atoms with van der Waals surface area (Å²) in [5.41, 5.74) is -1.70. The molecule has 8 nitrogen and oxygen atoms in total. The molecule has 0 spiro atoms. The maximum Gasteiger partial charge on any atom is 0.337 e. The number of rotatable bonds is 5. The van der Waals surface area contributed by atoms with Crippen LogP contribution >= 0.6 is 22.6 Å². The normalized spacial score (nSPS) is 11.2. The highest BCUT2D eigenvalue weighted by Gasteiger charge is 2.24. The SMILES string of the molecule is Cc1cc(F)ccc1Oc1cc(=O)n(C)c2c1c(=O)n(Cc1ccc(O)cc1)c(=O)n2-c1ccc(I)cc1F. The highest BCUT2D eigenvalue weighted by Crippen LogP contribution is 2.30. The number of benzene rings is 3. The Hall–Kier alpha value is -4.26. The van der Waals surface area contributed by atoms with E-state index in [1.54, 1.807) is 25.1 Å². The van der Waals surface area contributed by atoms with E-state index in [9.17, 15) is 23.9 Å². The van der Waals surface area contributed by atoms with Crippen LogP contribution in [0.1, 0.15) is 11.1 Å². The van der Waals surface area contributed by atoms with Crippen molar-refractivity contribution in [2.45, 2.75) is 13.5 Å². The Bertz CT molecular complexity index is 1950. The number of ether oxygens (including phenoxy) is 1. The van der Waals surface area contributed by atoms with Gasteiger partial charge in [-0.05, 0) is 89.2 Å². The monoisotopic (exact) mass is 643 g/mol. The van der Waals surface area contributed by atoms with E-state index in [0.29, 0.717) is 14.7 Å². The summed E-state index contributed by atoms with van der Waals surface area (Å²) in [5.74, 6) is -1.22. The Morgan fingerprint density at radius 2 is 1.64 bits per heavy atom. The summed E-state index contributed by atoms with van der Waals surface area (Å²) in [6.07, 6.45) is 0. The molecular formula is C28H20F2IN3O5. The summed E-state index contributed by atoms with van der Waals surface area (Å²) in [5, 5.41) is 9.49. The van der Waals surface area contributed by atoms with Gasteiger partial charge in [-0.3, -0.25) is 18.7 Å². The zero-order valence-corrected chi connectivity index (χ0v) is 22.8. The van der Waals surface area contributed by atoms with Gasteiger partial charge >= 0.3 is 5.69 Å². The van der Waals surface area contributed by atoms with Crippen molar-refractivity contribution in [3.63, 3.8) is 0 Å². The summed E-state index contributed by atoms with van der Waals surface area (Å²) in [7, 11) is 1.36. The van der Waals surface area contributed by atoms with Crippen molar-refractivity contribution in [2.24, 2.45) is 7.05 Å². The minimum atomic E-state index is -0.884. The highest BCUT2D eigenvalue weighted by molar-refractivity contribution is 14.1. The number of pyridine rings is 1. The molecule has 0 aliphatic carbocycles. The third-order valence-electron chi connectivity index (χ3n) is 6.25. The van der Waals surface area contributed by atoms with Crippen molar-refractivity contribution in [3.05, 3.63) is 124 Å². The number of aryl methyl sites for hydroxylation is 2. The second-order valence-corrected chi connectivity index (χ2v) is 10.1. The van der Waals surface area contributed by atoms with Gasteiger partial charge in [0.2, 0.25) is 0 Å². The van der Waals surface area contributed by atoms with Crippen molar-refractivity contribution in [1.82, 2.24) is 13.7 Å². The third-order valence-corrected chi connectivity index (χ3v) is 6.92. The molecule has 5 rings (SSSR count). The second kappa shape index (κ2) is 10.1. The van der Waals surface area contributed by atoms with E-state index in [4.69, 9.17) is 4.74 Å². The van der Waals surface area contributed by atoms with Gasteiger partial charge in [-0.15, -0.1) is 0 Å². The average molecular weight is 643 g/mol. The quantitative estimate of drug-likeness (QED) is 0.283. The molecule has 0 fully saturated rings. The lowest BCUT2D eigenvalue weighted by Crippen LogP contribution is -2.42. The second-order valence-electron chi connectivity index (χ2n) is 8.89. The summed E-state index contributed by atoms with van der Waals surface area (Å²) in [6.45, 7) is 1.39. The summed E-state index contributed by atoms with van der Waals surface area (Å²) < 4.78 is 38.5. The van der Waals surface area contributed by atoms with Crippen molar-refractivity contribution >= 4 is 33.6 Å². The lowest BCUT2D eigenvalue weighted by atomic mass is 10.2. The maximum absolute atomic E-state index is 15.3. The fourth-order valence-electron chi connectivity index (χ4n) is 4.29. The van der Waals surface area contributed by atoms with E-state index >= 15 is 4.39 Å². The molecule has 0 saturated heterocycles. The van der Waals surface area contributed by atoms with Crippen LogP contribution in [0.2, 0.25) is 0 Å². The van der Waals surface area contributed by atoms with Crippen LogP contribution in [0.5, 0.6) is 17.2 Å². The number of hydrogen-bond acceptors (Lipinski definition) is 5. The number of fused-ring (bicyclic) bond motifs is 1.